The SMILES string of the molecule is CN(Cc1ccccc1F)c1c(F)cc(C(N)=S)cc1F. The maximum Gasteiger partial charge on any atom is 0.150 e. The Balaban J connectivity index is 2.34. The molecule has 0 amide bonds. The highest BCUT2D eigenvalue weighted by Crippen LogP contribution is 2.26. The maximum atomic E-state index is 14.0. The van der Waals surface area contributed by atoms with Crippen molar-refractivity contribution in [1.29, 1.82) is 0 Å². The minimum atomic E-state index is -0.795. The average molecular weight is 310 g/mol. The summed E-state index contributed by atoms with van der Waals surface area (Å²) in [5.74, 6) is -2.02. The number of hydrogen-bond donors (Lipinski definition) is 1. The van der Waals surface area contributed by atoms with Crippen molar-refractivity contribution < 1.29 is 13.2 Å². The van der Waals surface area contributed by atoms with Crippen molar-refractivity contribution in [2.75, 3.05) is 11.9 Å². The number of rotatable bonds is 4. The monoisotopic (exact) mass is 310 g/mol. The van der Waals surface area contributed by atoms with Crippen molar-refractivity contribution in [3.05, 3.63) is 65.0 Å². The van der Waals surface area contributed by atoms with Crippen LogP contribution >= 0.6 is 12.2 Å². The van der Waals surface area contributed by atoms with E-state index < -0.39 is 17.5 Å². The molecule has 0 aliphatic rings. The van der Waals surface area contributed by atoms with Crippen molar-refractivity contribution in [1.82, 2.24) is 0 Å². The molecule has 6 heteroatoms. The molecule has 0 fully saturated rings. The number of benzene rings is 2. The quantitative estimate of drug-likeness (QED) is 0.878. The van der Waals surface area contributed by atoms with E-state index in [1.807, 2.05) is 0 Å². The predicted octanol–water partition coefficient (Wildman–Crippen LogP) is 3.37. The Morgan fingerprint density at radius 2 is 1.67 bits per heavy atom. The summed E-state index contributed by atoms with van der Waals surface area (Å²) in [6.07, 6.45) is 0. The molecule has 0 spiro atoms. The first-order valence-corrected chi connectivity index (χ1v) is 6.54. The van der Waals surface area contributed by atoms with E-state index in [-0.39, 0.29) is 22.8 Å². The number of anilines is 1. The molecule has 110 valence electrons. The highest BCUT2D eigenvalue weighted by molar-refractivity contribution is 7.80. The number of hydrogen-bond acceptors (Lipinski definition) is 2. The van der Waals surface area contributed by atoms with Gasteiger partial charge in [-0.05, 0) is 18.2 Å². The standard InChI is InChI=1S/C15H13F3N2S/c1-20(8-9-4-2-3-5-11(9)16)14-12(17)6-10(15(19)21)7-13(14)18/h2-7H,8H2,1H3,(H2,19,21). The molecule has 0 aromatic heterocycles. The van der Waals surface area contributed by atoms with Gasteiger partial charge >= 0.3 is 0 Å². The van der Waals surface area contributed by atoms with Crippen LogP contribution in [0.3, 0.4) is 0 Å². The van der Waals surface area contributed by atoms with Gasteiger partial charge in [-0.1, -0.05) is 30.4 Å². The molecule has 21 heavy (non-hydrogen) atoms. The number of halogens is 3. The summed E-state index contributed by atoms with van der Waals surface area (Å²) in [6.45, 7) is 0.0347. The summed E-state index contributed by atoms with van der Waals surface area (Å²) >= 11 is 4.69. The Morgan fingerprint density at radius 1 is 1.10 bits per heavy atom. The van der Waals surface area contributed by atoms with Crippen molar-refractivity contribution >= 4 is 22.9 Å². The predicted molar refractivity (Wildman–Crippen MR) is 80.8 cm³/mol. The van der Waals surface area contributed by atoms with Gasteiger partial charge < -0.3 is 10.6 Å². The van der Waals surface area contributed by atoms with Crippen LogP contribution in [-0.4, -0.2) is 12.0 Å². The topological polar surface area (TPSA) is 29.3 Å². The molecular formula is C15H13F3N2S. The van der Waals surface area contributed by atoms with E-state index in [1.54, 1.807) is 18.2 Å². The Bertz CT molecular complexity index is 665. The third-order valence-electron chi connectivity index (χ3n) is 3.05. The minimum Gasteiger partial charge on any atom is -0.389 e. The zero-order valence-electron chi connectivity index (χ0n) is 11.2. The third kappa shape index (κ3) is 3.33. The fraction of sp³-hybridized carbons (Fsp3) is 0.133. The molecule has 0 heterocycles. The molecule has 0 unspecified atom stereocenters. The third-order valence-corrected chi connectivity index (χ3v) is 3.28. The summed E-state index contributed by atoms with van der Waals surface area (Å²) in [4.78, 5) is 1.21. The fourth-order valence-corrected chi connectivity index (χ4v) is 2.15. The number of nitrogens with zero attached hydrogens (tertiary/aromatic N) is 1. The smallest absolute Gasteiger partial charge is 0.150 e. The molecular weight excluding hydrogens is 297 g/mol. The number of thiocarbonyl (C=S) groups is 1. The average Bonchev–Trinajstić information content (AvgIpc) is 2.40. The highest BCUT2D eigenvalue weighted by atomic mass is 32.1. The largest absolute Gasteiger partial charge is 0.389 e. The van der Waals surface area contributed by atoms with E-state index in [4.69, 9.17) is 18.0 Å². The van der Waals surface area contributed by atoms with E-state index >= 15 is 0 Å². The maximum absolute atomic E-state index is 14.0. The fourth-order valence-electron chi connectivity index (χ4n) is 2.03. The summed E-state index contributed by atoms with van der Waals surface area (Å²) < 4.78 is 41.7. The first kappa shape index (κ1) is 15.3. The van der Waals surface area contributed by atoms with Gasteiger partial charge in [0.25, 0.3) is 0 Å². The second kappa shape index (κ2) is 6.13. The molecule has 2 nitrogen and oxygen atoms in total. The van der Waals surface area contributed by atoms with Crippen LogP contribution in [-0.2, 0) is 6.54 Å². The molecule has 2 N–H and O–H groups in total. The van der Waals surface area contributed by atoms with Gasteiger partial charge in [0.15, 0.2) is 0 Å². The van der Waals surface area contributed by atoms with Gasteiger partial charge in [0.05, 0.1) is 0 Å². The zero-order valence-corrected chi connectivity index (χ0v) is 12.1. The van der Waals surface area contributed by atoms with Crippen molar-refractivity contribution in [3.63, 3.8) is 0 Å². The first-order valence-electron chi connectivity index (χ1n) is 6.13. The Hall–Kier alpha value is -2.08. The van der Waals surface area contributed by atoms with Gasteiger partial charge in [-0.2, -0.15) is 0 Å². The normalized spacial score (nSPS) is 10.5. The highest BCUT2D eigenvalue weighted by Gasteiger charge is 2.17. The molecule has 0 saturated heterocycles. The van der Waals surface area contributed by atoms with Gasteiger partial charge in [-0.3, -0.25) is 0 Å². The Kier molecular flexibility index (Phi) is 4.47. The molecule has 2 aromatic rings. The minimum absolute atomic E-state index is 0.0347. The van der Waals surface area contributed by atoms with Gasteiger partial charge in [0.2, 0.25) is 0 Å². The van der Waals surface area contributed by atoms with Crippen molar-refractivity contribution in [2.45, 2.75) is 6.54 Å². The van der Waals surface area contributed by atoms with Crippen LogP contribution < -0.4 is 10.6 Å². The van der Waals surface area contributed by atoms with Crippen LogP contribution in [0, 0.1) is 17.5 Å². The van der Waals surface area contributed by atoms with Gasteiger partial charge in [-0.25, -0.2) is 13.2 Å². The van der Waals surface area contributed by atoms with E-state index in [2.05, 4.69) is 0 Å². The molecule has 0 radical (unpaired) electrons. The molecule has 2 aromatic carbocycles. The van der Waals surface area contributed by atoms with Crippen molar-refractivity contribution in [2.24, 2.45) is 5.73 Å². The molecule has 0 bridgehead atoms. The first-order chi connectivity index (χ1) is 9.90. The van der Waals surface area contributed by atoms with Gasteiger partial charge in [0.1, 0.15) is 28.1 Å². The lowest BCUT2D eigenvalue weighted by atomic mass is 10.1. The van der Waals surface area contributed by atoms with Crippen LogP contribution in [0.1, 0.15) is 11.1 Å². The van der Waals surface area contributed by atoms with E-state index in [0.717, 1.165) is 12.1 Å². The lowest BCUT2D eigenvalue weighted by Crippen LogP contribution is -2.21. The van der Waals surface area contributed by atoms with Crippen LogP contribution in [0.25, 0.3) is 0 Å². The molecule has 0 aliphatic carbocycles. The lowest BCUT2D eigenvalue weighted by Gasteiger charge is -2.21. The molecule has 0 saturated carbocycles. The van der Waals surface area contributed by atoms with Gasteiger partial charge in [0, 0.05) is 24.7 Å². The van der Waals surface area contributed by atoms with Crippen LogP contribution in [0.5, 0.6) is 0 Å². The molecule has 0 atom stereocenters. The summed E-state index contributed by atoms with van der Waals surface area (Å²) in [6, 6.07) is 8.21. The van der Waals surface area contributed by atoms with Crippen LogP contribution in [0.15, 0.2) is 36.4 Å². The Labute approximate surface area is 126 Å². The molecule has 0 aliphatic heterocycles. The van der Waals surface area contributed by atoms with E-state index in [1.165, 1.54) is 18.0 Å². The molecule has 2 rings (SSSR count). The van der Waals surface area contributed by atoms with Gasteiger partial charge in [-0.15, -0.1) is 0 Å². The van der Waals surface area contributed by atoms with E-state index in [9.17, 15) is 13.2 Å². The van der Waals surface area contributed by atoms with E-state index in [0.29, 0.717) is 5.56 Å². The van der Waals surface area contributed by atoms with Crippen LogP contribution in [0.2, 0.25) is 0 Å². The second-order valence-electron chi connectivity index (χ2n) is 4.60. The van der Waals surface area contributed by atoms with Crippen LogP contribution in [0.4, 0.5) is 18.9 Å². The Morgan fingerprint density at radius 3 is 2.19 bits per heavy atom. The second-order valence-corrected chi connectivity index (χ2v) is 5.04. The summed E-state index contributed by atoms with van der Waals surface area (Å²) in [7, 11) is 1.48. The lowest BCUT2D eigenvalue weighted by molar-refractivity contribution is 0.570. The van der Waals surface area contributed by atoms with Crippen molar-refractivity contribution in [3.8, 4) is 0 Å². The summed E-state index contributed by atoms with van der Waals surface area (Å²) in [5, 5.41) is 0. The number of nitrogens with two attached hydrogens (primary N) is 1. The summed E-state index contributed by atoms with van der Waals surface area (Å²) in [5.41, 5.74) is 5.56. The zero-order chi connectivity index (χ0) is 15.6.